The van der Waals surface area contributed by atoms with Crippen LogP contribution < -0.4 is 5.32 Å². The third-order valence-electron chi connectivity index (χ3n) is 7.32. The van der Waals surface area contributed by atoms with E-state index in [0.29, 0.717) is 6.54 Å². The fourth-order valence-electron chi connectivity index (χ4n) is 5.20. The highest BCUT2D eigenvalue weighted by molar-refractivity contribution is 8.00. The summed E-state index contributed by atoms with van der Waals surface area (Å²) in [4.78, 5) is 28.9. The average molecular weight is 595 g/mol. The number of carbonyl (C=O) groups excluding carboxylic acids is 2. The molecule has 1 fully saturated rings. The molecule has 6 heteroatoms. The highest BCUT2D eigenvalue weighted by Gasteiger charge is 2.50. The van der Waals surface area contributed by atoms with Gasteiger partial charge in [-0.2, -0.15) is 11.8 Å². The number of unbranched alkanes of at least 4 members (excludes halogenated alkanes) is 1. The van der Waals surface area contributed by atoms with Gasteiger partial charge < -0.3 is 15.0 Å². The Morgan fingerprint density at radius 3 is 2.57 bits per heavy atom. The number of nitrogens with one attached hydrogen (secondary N) is 1. The van der Waals surface area contributed by atoms with Gasteiger partial charge in [0.05, 0.1) is 0 Å². The van der Waals surface area contributed by atoms with Gasteiger partial charge in [0.1, 0.15) is 11.6 Å². The molecule has 5 nitrogen and oxygen atoms in total. The van der Waals surface area contributed by atoms with Gasteiger partial charge in [-0.25, -0.2) is 4.79 Å². The lowest BCUT2D eigenvalue weighted by atomic mass is 9.85. The standard InChI is InChI=1S/C36H54N2O3S/c1-10-12-25-42-36(30(20-11-2)24-19-18-23-29-21-16-14-13-15-17-22-29)26-28(3)38(27-36)32(39)31(34(4,5)6)37-33(40)41-35(7,8)9/h11,13-14,16-20,22-24,28,30-31H,10,12,15,25-27H2,1-9H3,(H,37,40)/b14-13-,20-11-,22-17-,23-18+,24-19?/t21?,28?,30-,31-,36?/m1/s1. The molecule has 0 spiro atoms. The van der Waals surface area contributed by atoms with E-state index in [1.165, 1.54) is 0 Å². The number of likely N-dealkylation sites (tertiary alicyclic amines) is 1. The van der Waals surface area contributed by atoms with Crippen LogP contribution in [0.3, 0.4) is 0 Å². The van der Waals surface area contributed by atoms with E-state index in [1.807, 2.05) is 70.4 Å². The lowest BCUT2D eigenvalue weighted by molar-refractivity contribution is -0.136. The van der Waals surface area contributed by atoms with Gasteiger partial charge in [-0.3, -0.25) is 4.79 Å². The largest absolute Gasteiger partial charge is 0.444 e. The van der Waals surface area contributed by atoms with Crippen molar-refractivity contribution in [3.8, 4) is 0 Å². The van der Waals surface area contributed by atoms with Crippen molar-refractivity contribution in [1.82, 2.24) is 10.2 Å². The molecule has 2 rings (SSSR count). The number of carbonyl (C=O) groups is 2. The second-order valence-corrected chi connectivity index (χ2v) is 14.9. The van der Waals surface area contributed by atoms with E-state index in [0.717, 1.165) is 37.0 Å². The molecule has 1 aliphatic carbocycles. The summed E-state index contributed by atoms with van der Waals surface area (Å²) in [6.45, 7) is 18.5. The molecule has 42 heavy (non-hydrogen) atoms. The monoisotopic (exact) mass is 594 g/mol. The van der Waals surface area contributed by atoms with Crippen LogP contribution in [0.5, 0.6) is 0 Å². The fourth-order valence-corrected chi connectivity index (χ4v) is 6.98. The zero-order valence-electron chi connectivity index (χ0n) is 27.4. The Morgan fingerprint density at radius 1 is 1.19 bits per heavy atom. The Labute approximate surface area is 260 Å². The van der Waals surface area contributed by atoms with E-state index in [2.05, 4.69) is 86.5 Å². The quantitative estimate of drug-likeness (QED) is 0.112. The number of amides is 2. The van der Waals surface area contributed by atoms with E-state index in [4.69, 9.17) is 4.74 Å². The molecule has 1 aliphatic heterocycles. The van der Waals surface area contributed by atoms with Crippen LogP contribution in [0.15, 0.2) is 78.1 Å². The molecule has 2 unspecified atom stereocenters. The Balaban J connectivity index is 2.37. The minimum absolute atomic E-state index is 0.0389. The normalized spacial score (nSPS) is 24.5. The number of allylic oxidation sites excluding steroid dienone is 11. The van der Waals surface area contributed by atoms with Crippen LogP contribution in [-0.4, -0.2) is 51.6 Å². The Morgan fingerprint density at radius 2 is 1.93 bits per heavy atom. The molecule has 4 atom stereocenters. The van der Waals surface area contributed by atoms with Crippen molar-refractivity contribution in [2.24, 2.45) is 11.3 Å². The molecule has 1 N–H and O–H groups in total. The van der Waals surface area contributed by atoms with Crippen molar-refractivity contribution in [3.63, 3.8) is 0 Å². The van der Waals surface area contributed by atoms with Gasteiger partial charge in [-0.1, -0.05) is 88.8 Å². The Hall–Kier alpha value is -2.69. The number of hydrogen-bond donors (Lipinski definition) is 1. The highest BCUT2D eigenvalue weighted by Crippen LogP contribution is 2.46. The average Bonchev–Trinajstić information content (AvgIpc) is 3.20. The topological polar surface area (TPSA) is 58.6 Å². The number of thioether (sulfide) groups is 1. The van der Waals surface area contributed by atoms with Crippen LogP contribution in [-0.2, 0) is 9.53 Å². The minimum atomic E-state index is -0.696. The molecular weight excluding hydrogens is 540 g/mol. The first-order valence-electron chi connectivity index (χ1n) is 15.4. The summed E-state index contributed by atoms with van der Waals surface area (Å²) in [5.41, 5.74) is 3.22. The number of rotatable bonds is 11. The minimum Gasteiger partial charge on any atom is -0.444 e. The molecular formula is C36H54N2O3S. The van der Waals surface area contributed by atoms with Crippen LogP contribution in [0.4, 0.5) is 4.79 Å². The summed E-state index contributed by atoms with van der Waals surface area (Å²) in [5, 5.41) is 2.91. The maximum atomic E-state index is 14.2. The first-order valence-corrected chi connectivity index (χ1v) is 16.4. The molecule has 232 valence electrons. The van der Waals surface area contributed by atoms with Crippen LogP contribution in [0, 0.1) is 11.3 Å². The zero-order valence-corrected chi connectivity index (χ0v) is 28.2. The van der Waals surface area contributed by atoms with Crippen LogP contribution in [0.1, 0.15) is 88.0 Å². The lowest BCUT2D eigenvalue weighted by Crippen LogP contribution is -2.56. The van der Waals surface area contributed by atoms with Crippen molar-refractivity contribution >= 4 is 23.8 Å². The first kappa shape index (κ1) is 35.5. The first-order chi connectivity index (χ1) is 19.7. The van der Waals surface area contributed by atoms with Crippen molar-refractivity contribution < 1.29 is 14.3 Å². The van der Waals surface area contributed by atoms with E-state index in [-0.39, 0.29) is 22.6 Å². The van der Waals surface area contributed by atoms with Gasteiger partial charge in [0.25, 0.3) is 0 Å². The summed E-state index contributed by atoms with van der Waals surface area (Å²) in [7, 11) is 0. The molecule has 0 aromatic carbocycles. The van der Waals surface area contributed by atoms with Gasteiger partial charge in [-0.05, 0) is 77.2 Å². The molecule has 1 saturated heterocycles. The van der Waals surface area contributed by atoms with E-state index in [1.54, 1.807) is 0 Å². The van der Waals surface area contributed by atoms with Gasteiger partial charge in [0, 0.05) is 28.8 Å². The van der Waals surface area contributed by atoms with Gasteiger partial charge >= 0.3 is 6.09 Å². The smallest absolute Gasteiger partial charge is 0.408 e. The van der Waals surface area contributed by atoms with Crippen molar-refractivity contribution in [3.05, 3.63) is 78.1 Å². The number of ether oxygens (including phenoxy) is 1. The Kier molecular flexibility index (Phi) is 13.7. The summed E-state index contributed by atoms with van der Waals surface area (Å²) < 4.78 is 5.36. The van der Waals surface area contributed by atoms with Crippen LogP contribution in [0.2, 0.25) is 0 Å². The van der Waals surface area contributed by atoms with Crippen molar-refractivity contribution in [1.29, 1.82) is 0 Å². The maximum absolute atomic E-state index is 14.2. The second-order valence-electron chi connectivity index (χ2n) is 13.4. The van der Waals surface area contributed by atoms with Crippen LogP contribution in [0.25, 0.3) is 0 Å². The van der Waals surface area contributed by atoms with Crippen molar-refractivity contribution in [2.45, 2.75) is 110 Å². The van der Waals surface area contributed by atoms with E-state index < -0.39 is 23.2 Å². The van der Waals surface area contributed by atoms with Gasteiger partial charge in [0.2, 0.25) is 5.91 Å². The molecule has 0 radical (unpaired) electrons. The number of hydrogen-bond acceptors (Lipinski definition) is 4. The third-order valence-corrected chi connectivity index (χ3v) is 8.96. The second kappa shape index (κ2) is 16.2. The third kappa shape index (κ3) is 11.2. The summed E-state index contributed by atoms with van der Waals surface area (Å²) in [5.74, 6) is 1.13. The summed E-state index contributed by atoms with van der Waals surface area (Å²) >= 11 is 1.99. The number of alkyl carbamates (subject to hydrolysis) is 1. The van der Waals surface area contributed by atoms with Crippen LogP contribution >= 0.6 is 11.8 Å². The SMILES string of the molecule is C/C=C\[C@H](C=C/C=C/C1=C=C/C=C\C/C=C\1)C1(SCCCC)CC(C)N(C(=O)[C@@H](NC(=O)OC(C)(C)C)C(C)(C)C)C1. The predicted octanol–water partition coefficient (Wildman–Crippen LogP) is 8.72. The van der Waals surface area contributed by atoms with Crippen molar-refractivity contribution in [2.75, 3.05) is 12.3 Å². The van der Waals surface area contributed by atoms with E-state index >= 15 is 0 Å². The highest BCUT2D eigenvalue weighted by atomic mass is 32.2. The zero-order chi connectivity index (χ0) is 31.4. The maximum Gasteiger partial charge on any atom is 0.408 e. The molecule has 2 aliphatic rings. The molecule has 2 amide bonds. The fraction of sp³-hybridized carbons (Fsp3) is 0.583. The summed E-state index contributed by atoms with van der Waals surface area (Å²) in [6.07, 6.45) is 26.7. The molecule has 0 aromatic rings. The van der Waals surface area contributed by atoms with Gasteiger partial charge in [-0.15, -0.1) is 5.73 Å². The molecule has 0 saturated carbocycles. The predicted molar refractivity (Wildman–Crippen MR) is 180 cm³/mol. The summed E-state index contributed by atoms with van der Waals surface area (Å²) in [6, 6.07) is -0.657. The van der Waals surface area contributed by atoms with E-state index in [9.17, 15) is 9.59 Å². The molecule has 0 bridgehead atoms. The molecule has 1 heterocycles. The van der Waals surface area contributed by atoms with Gasteiger partial charge in [0.15, 0.2) is 0 Å². The lowest BCUT2D eigenvalue weighted by Gasteiger charge is -2.37. The molecule has 0 aromatic heterocycles. The number of nitrogens with zero attached hydrogens (tertiary/aromatic N) is 1. The Bertz CT molecular complexity index is 1130.